The molecule has 1 rings (SSSR count). The molecule has 1 atom stereocenters. The number of rotatable bonds is 10. The normalized spacial score (nSPS) is 21.2. The van der Waals surface area contributed by atoms with Gasteiger partial charge in [-0.3, -0.25) is 4.90 Å². The van der Waals surface area contributed by atoms with Crippen LogP contribution < -0.4 is 5.32 Å². The molecule has 1 unspecified atom stereocenters. The zero-order valence-corrected chi connectivity index (χ0v) is 13.5. The van der Waals surface area contributed by atoms with Crippen LogP contribution in [0, 0.1) is 0 Å². The highest BCUT2D eigenvalue weighted by atomic mass is 15.2. The van der Waals surface area contributed by atoms with Gasteiger partial charge in [-0.2, -0.15) is 0 Å². The second-order valence-electron chi connectivity index (χ2n) is 5.75. The highest BCUT2D eigenvalue weighted by molar-refractivity contribution is 4.77. The summed E-state index contributed by atoms with van der Waals surface area (Å²) in [6.07, 6.45) is 6.99. The molecule has 19 heavy (non-hydrogen) atoms. The molecule has 1 aliphatic rings. The van der Waals surface area contributed by atoms with Crippen molar-refractivity contribution in [3.8, 4) is 0 Å². The van der Waals surface area contributed by atoms with Crippen molar-refractivity contribution in [1.29, 1.82) is 0 Å². The molecule has 0 aromatic carbocycles. The third-order valence-electron chi connectivity index (χ3n) is 4.45. The maximum Gasteiger partial charge on any atom is 0.0110 e. The van der Waals surface area contributed by atoms with E-state index in [2.05, 4.69) is 35.9 Å². The molecule has 0 bridgehead atoms. The van der Waals surface area contributed by atoms with Gasteiger partial charge in [0.15, 0.2) is 0 Å². The Morgan fingerprint density at radius 2 is 1.89 bits per heavy atom. The Bertz CT molecular complexity index is 202. The molecule has 1 aliphatic heterocycles. The van der Waals surface area contributed by atoms with Gasteiger partial charge < -0.3 is 10.2 Å². The van der Waals surface area contributed by atoms with Crippen molar-refractivity contribution in [2.75, 3.05) is 45.8 Å². The van der Waals surface area contributed by atoms with Crippen LogP contribution in [0.5, 0.6) is 0 Å². The summed E-state index contributed by atoms with van der Waals surface area (Å²) in [5, 5.41) is 3.61. The van der Waals surface area contributed by atoms with E-state index in [1.165, 1.54) is 64.8 Å². The predicted molar refractivity (Wildman–Crippen MR) is 84.8 cm³/mol. The van der Waals surface area contributed by atoms with Crippen molar-refractivity contribution >= 4 is 0 Å². The Morgan fingerprint density at radius 3 is 2.58 bits per heavy atom. The summed E-state index contributed by atoms with van der Waals surface area (Å²) in [7, 11) is 0. The third-order valence-corrected chi connectivity index (χ3v) is 4.45. The van der Waals surface area contributed by atoms with E-state index in [0.717, 1.165) is 19.1 Å². The molecule has 0 aliphatic carbocycles. The first kappa shape index (κ1) is 16.9. The van der Waals surface area contributed by atoms with E-state index in [9.17, 15) is 0 Å². The standard InChI is InChI=1S/C16H35N3/c1-4-9-16-10-7-8-13-19(16)15-12-17-11-14-18(5-2)6-3/h16-17H,4-15H2,1-3H3. The molecule has 1 N–H and O–H groups in total. The fourth-order valence-corrected chi connectivity index (χ4v) is 3.14. The number of likely N-dealkylation sites (tertiary alicyclic amines) is 1. The number of hydrogen-bond donors (Lipinski definition) is 1. The highest BCUT2D eigenvalue weighted by Crippen LogP contribution is 2.19. The Morgan fingerprint density at radius 1 is 1.11 bits per heavy atom. The average molecular weight is 269 g/mol. The SMILES string of the molecule is CCCC1CCCCN1CCNCCN(CC)CC. The topological polar surface area (TPSA) is 18.5 Å². The lowest BCUT2D eigenvalue weighted by molar-refractivity contribution is 0.140. The third kappa shape index (κ3) is 6.73. The average Bonchev–Trinajstić information content (AvgIpc) is 2.45. The van der Waals surface area contributed by atoms with Crippen LogP contribution in [0.15, 0.2) is 0 Å². The van der Waals surface area contributed by atoms with Gasteiger partial charge in [-0.15, -0.1) is 0 Å². The molecule has 114 valence electrons. The molecule has 0 saturated carbocycles. The van der Waals surface area contributed by atoms with E-state index >= 15 is 0 Å². The van der Waals surface area contributed by atoms with Gasteiger partial charge in [-0.1, -0.05) is 33.6 Å². The molecule has 1 fully saturated rings. The summed E-state index contributed by atoms with van der Waals surface area (Å²) in [4.78, 5) is 5.20. The Hall–Kier alpha value is -0.120. The van der Waals surface area contributed by atoms with Crippen LogP contribution in [-0.2, 0) is 0 Å². The lowest BCUT2D eigenvalue weighted by Gasteiger charge is -2.35. The molecule has 3 nitrogen and oxygen atoms in total. The Balaban J connectivity index is 2.09. The van der Waals surface area contributed by atoms with Crippen molar-refractivity contribution in [1.82, 2.24) is 15.1 Å². The number of hydrogen-bond acceptors (Lipinski definition) is 3. The van der Waals surface area contributed by atoms with Gasteiger partial charge in [0.1, 0.15) is 0 Å². The van der Waals surface area contributed by atoms with E-state index in [1.807, 2.05) is 0 Å². The second-order valence-corrected chi connectivity index (χ2v) is 5.75. The minimum Gasteiger partial charge on any atom is -0.314 e. The van der Waals surface area contributed by atoms with Crippen molar-refractivity contribution in [3.05, 3.63) is 0 Å². The Labute approximate surface area is 120 Å². The molecule has 1 saturated heterocycles. The minimum atomic E-state index is 0.864. The minimum absolute atomic E-state index is 0.864. The molecular weight excluding hydrogens is 234 g/mol. The lowest BCUT2D eigenvalue weighted by Crippen LogP contribution is -2.43. The summed E-state index contributed by atoms with van der Waals surface area (Å²) >= 11 is 0. The predicted octanol–water partition coefficient (Wildman–Crippen LogP) is 2.57. The second kappa shape index (κ2) is 10.6. The van der Waals surface area contributed by atoms with Gasteiger partial charge in [0.05, 0.1) is 0 Å². The van der Waals surface area contributed by atoms with Crippen molar-refractivity contribution in [2.45, 2.75) is 58.9 Å². The number of likely N-dealkylation sites (N-methyl/N-ethyl adjacent to an activating group) is 1. The summed E-state index contributed by atoms with van der Waals surface area (Å²) in [6.45, 7) is 15.2. The molecule has 1 heterocycles. The first-order valence-electron chi connectivity index (χ1n) is 8.48. The van der Waals surface area contributed by atoms with Crippen LogP contribution in [0.4, 0.5) is 0 Å². The summed E-state index contributed by atoms with van der Waals surface area (Å²) in [6, 6.07) is 0.864. The molecule has 3 heteroatoms. The quantitative estimate of drug-likeness (QED) is 0.615. The van der Waals surface area contributed by atoms with Crippen LogP contribution >= 0.6 is 0 Å². The zero-order chi connectivity index (χ0) is 13.9. The summed E-state index contributed by atoms with van der Waals surface area (Å²) in [5.41, 5.74) is 0. The maximum atomic E-state index is 3.61. The number of nitrogens with zero attached hydrogens (tertiary/aromatic N) is 2. The fourth-order valence-electron chi connectivity index (χ4n) is 3.14. The van der Waals surface area contributed by atoms with Crippen molar-refractivity contribution in [3.63, 3.8) is 0 Å². The highest BCUT2D eigenvalue weighted by Gasteiger charge is 2.20. The number of piperidine rings is 1. The lowest BCUT2D eigenvalue weighted by atomic mass is 9.98. The van der Waals surface area contributed by atoms with Crippen LogP contribution in [0.3, 0.4) is 0 Å². The van der Waals surface area contributed by atoms with E-state index in [0.29, 0.717) is 0 Å². The van der Waals surface area contributed by atoms with Gasteiger partial charge in [-0.05, 0) is 38.9 Å². The molecule has 0 aromatic rings. The largest absolute Gasteiger partial charge is 0.314 e. The van der Waals surface area contributed by atoms with Crippen molar-refractivity contribution < 1.29 is 0 Å². The number of nitrogens with one attached hydrogen (secondary N) is 1. The fraction of sp³-hybridized carbons (Fsp3) is 1.00. The van der Waals surface area contributed by atoms with Crippen LogP contribution in [0.2, 0.25) is 0 Å². The summed E-state index contributed by atoms with van der Waals surface area (Å²) < 4.78 is 0. The van der Waals surface area contributed by atoms with Crippen LogP contribution in [0.1, 0.15) is 52.9 Å². The first-order valence-corrected chi connectivity index (χ1v) is 8.48. The molecule has 0 aromatic heterocycles. The molecule has 0 amide bonds. The smallest absolute Gasteiger partial charge is 0.0110 e. The van der Waals surface area contributed by atoms with Gasteiger partial charge in [0.25, 0.3) is 0 Å². The van der Waals surface area contributed by atoms with Gasteiger partial charge in [-0.25, -0.2) is 0 Å². The Kier molecular flexibility index (Phi) is 9.48. The zero-order valence-electron chi connectivity index (χ0n) is 13.5. The summed E-state index contributed by atoms with van der Waals surface area (Å²) in [5.74, 6) is 0. The first-order chi connectivity index (χ1) is 9.31. The molecule has 0 radical (unpaired) electrons. The van der Waals surface area contributed by atoms with E-state index in [-0.39, 0.29) is 0 Å². The van der Waals surface area contributed by atoms with Gasteiger partial charge in [0.2, 0.25) is 0 Å². The van der Waals surface area contributed by atoms with Crippen LogP contribution in [-0.4, -0.2) is 61.7 Å². The van der Waals surface area contributed by atoms with E-state index in [4.69, 9.17) is 0 Å². The van der Waals surface area contributed by atoms with Crippen LogP contribution in [0.25, 0.3) is 0 Å². The maximum absolute atomic E-state index is 3.61. The van der Waals surface area contributed by atoms with Crippen molar-refractivity contribution in [2.24, 2.45) is 0 Å². The molecule has 0 spiro atoms. The van der Waals surface area contributed by atoms with E-state index in [1.54, 1.807) is 0 Å². The van der Waals surface area contributed by atoms with Gasteiger partial charge in [0, 0.05) is 32.2 Å². The monoisotopic (exact) mass is 269 g/mol. The van der Waals surface area contributed by atoms with E-state index < -0.39 is 0 Å². The van der Waals surface area contributed by atoms with Gasteiger partial charge >= 0.3 is 0 Å². The molecular formula is C16H35N3.